The maximum absolute atomic E-state index is 6.54. The van der Waals surface area contributed by atoms with E-state index in [1.165, 1.54) is 54.2 Å². The molecule has 1 aliphatic heterocycles. The lowest BCUT2D eigenvalue weighted by atomic mass is 9.79. The fraction of sp³-hybridized carbons (Fsp3) is 0.550. The standard InChI is InChI=1S/C20H24N2O2/c21-22-19-15-6-4-5-14(15)16-11-13-7-10-20(8-2-1-3-9-20)24-17(13)12-18(16)23-19/h11-12H,1-10,21H2/b22-19+. The summed E-state index contributed by atoms with van der Waals surface area (Å²) in [6.07, 6.45) is 11.8. The summed E-state index contributed by atoms with van der Waals surface area (Å²) >= 11 is 0. The van der Waals surface area contributed by atoms with Crippen LogP contribution in [0.3, 0.4) is 0 Å². The fourth-order valence-electron chi connectivity index (χ4n) is 4.96. The lowest BCUT2D eigenvalue weighted by Gasteiger charge is -2.41. The van der Waals surface area contributed by atoms with Crippen LogP contribution >= 0.6 is 0 Å². The number of hydrogen-bond acceptors (Lipinski definition) is 4. The summed E-state index contributed by atoms with van der Waals surface area (Å²) in [6, 6.07) is 4.39. The van der Waals surface area contributed by atoms with E-state index in [0.717, 1.165) is 43.4 Å². The van der Waals surface area contributed by atoms with E-state index in [4.69, 9.17) is 15.0 Å². The Morgan fingerprint density at radius 2 is 1.75 bits per heavy atom. The van der Waals surface area contributed by atoms with Gasteiger partial charge in [0.05, 0.1) is 0 Å². The van der Waals surface area contributed by atoms with Gasteiger partial charge in [-0.15, -0.1) is 5.10 Å². The summed E-state index contributed by atoms with van der Waals surface area (Å²) in [4.78, 5) is 0. The van der Waals surface area contributed by atoms with Crippen LogP contribution in [0.15, 0.2) is 21.7 Å². The minimum atomic E-state index is 0.0662. The van der Waals surface area contributed by atoms with Gasteiger partial charge in [0.2, 0.25) is 5.55 Å². The molecule has 0 bridgehead atoms. The van der Waals surface area contributed by atoms with Crippen molar-refractivity contribution in [1.82, 2.24) is 0 Å². The van der Waals surface area contributed by atoms with E-state index in [0.29, 0.717) is 5.55 Å². The van der Waals surface area contributed by atoms with Crippen molar-refractivity contribution in [3.8, 4) is 5.75 Å². The highest BCUT2D eigenvalue weighted by Crippen LogP contribution is 2.43. The second-order valence-corrected chi connectivity index (χ2v) is 7.65. The predicted molar refractivity (Wildman–Crippen MR) is 92.8 cm³/mol. The van der Waals surface area contributed by atoms with Gasteiger partial charge in [0.25, 0.3) is 0 Å². The van der Waals surface area contributed by atoms with Crippen molar-refractivity contribution in [1.29, 1.82) is 0 Å². The quantitative estimate of drug-likeness (QED) is 0.593. The van der Waals surface area contributed by atoms with Gasteiger partial charge in [-0.3, -0.25) is 0 Å². The third kappa shape index (κ3) is 2.08. The number of fused-ring (bicyclic) bond motifs is 4. The van der Waals surface area contributed by atoms with Gasteiger partial charge in [0.15, 0.2) is 0 Å². The van der Waals surface area contributed by atoms with E-state index in [-0.39, 0.29) is 5.60 Å². The Morgan fingerprint density at radius 1 is 0.917 bits per heavy atom. The Labute approximate surface area is 141 Å². The van der Waals surface area contributed by atoms with E-state index >= 15 is 0 Å². The van der Waals surface area contributed by atoms with Gasteiger partial charge in [-0.05, 0) is 75.0 Å². The first-order valence-corrected chi connectivity index (χ1v) is 9.32. The molecule has 3 aliphatic rings. The van der Waals surface area contributed by atoms with E-state index < -0.39 is 0 Å². The minimum Gasteiger partial charge on any atom is -0.487 e. The molecule has 0 unspecified atom stereocenters. The van der Waals surface area contributed by atoms with Gasteiger partial charge < -0.3 is 15.0 Å². The minimum absolute atomic E-state index is 0.0662. The molecular weight excluding hydrogens is 300 g/mol. The molecule has 24 heavy (non-hydrogen) atoms. The number of ether oxygens (including phenoxy) is 1. The SMILES string of the molecule is N/N=c1/oc2cc3c(cc2c2c1CCC2)CCC1(CCCCC1)O3. The van der Waals surface area contributed by atoms with E-state index in [9.17, 15) is 0 Å². The van der Waals surface area contributed by atoms with Gasteiger partial charge in [-0.2, -0.15) is 0 Å². The highest BCUT2D eigenvalue weighted by atomic mass is 16.5. The first-order valence-electron chi connectivity index (χ1n) is 9.32. The van der Waals surface area contributed by atoms with Crippen LogP contribution in [0.25, 0.3) is 11.0 Å². The molecule has 0 amide bonds. The maximum atomic E-state index is 6.54. The molecule has 2 aliphatic carbocycles. The number of hydrogen-bond donors (Lipinski definition) is 1. The molecule has 4 nitrogen and oxygen atoms in total. The zero-order valence-corrected chi connectivity index (χ0v) is 14.1. The van der Waals surface area contributed by atoms with Crippen LogP contribution in [0.5, 0.6) is 5.75 Å². The fourth-order valence-corrected chi connectivity index (χ4v) is 4.96. The topological polar surface area (TPSA) is 60.8 Å². The highest BCUT2D eigenvalue weighted by molar-refractivity contribution is 5.84. The largest absolute Gasteiger partial charge is 0.487 e. The number of aryl methyl sites for hydroxylation is 2. The summed E-state index contributed by atoms with van der Waals surface area (Å²) in [5.41, 5.74) is 5.44. The first kappa shape index (κ1) is 14.4. The van der Waals surface area contributed by atoms with Gasteiger partial charge in [-0.25, -0.2) is 0 Å². The number of nitrogens with zero attached hydrogens (tertiary/aromatic N) is 1. The van der Waals surface area contributed by atoms with Crippen LogP contribution in [0.2, 0.25) is 0 Å². The van der Waals surface area contributed by atoms with E-state index in [2.05, 4.69) is 17.2 Å². The van der Waals surface area contributed by atoms with E-state index in [1.54, 1.807) is 0 Å². The second-order valence-electron chi connectivity index (χ2n) is 7.65. The highest BCUT2D eigenvalue weighted by Gasteiger charge is 2.37. The molecule has 1 fully saturated rings. The third-order valence-corrected chi connectivity index (χ3v) is 6.23. The summed E-state index contributed by atoms with van der Waals surface area (Å²) in [6.45, 7) is 0. The summed E-state index contributed by atoms with van der Waals surface area (Å²) < 4.78 is 12.6. The van der Waals surface area contributed by atoms with Crippen molar-refractivity contribution in [3.05, 3.63) is 34.4 Å². The molecule has 1 aromatic carbocycles. The third-order valence-electron chi connectivity index (χ3n) is 6.23. The molecule has 0 radical (unpaired) electrons. The van der Waals surface area contributed by atoms with Gasteiger partial charge in [0.1, 0.15) is 16.9 Å². The molecule has 1 spiro atoms. The van der Waals surface area contributed by atoms with Crippen molar-refractivity contribution >= 4 is 11.0 Å². The Kier molecular flexibility index (Phi) is 3.15. The zero-order valence-electron chi connectivity index (χ0n) is 14.1. The van der Waals surface area contributed by atoms with Gasteiger partial charge in [-0.1, -0.05) is 6.42 Å². The molecule has 4 heteroatoms. The maximum Gasteiger partial charge on any atom is 0.239 e. The van der Waals surface area contributed by atoms with Gasteiger partial charge >= 0.3 is 0 Å². The van der Waals surface area contributed by atoms with Crippen LogP contribution in [0.1, 0.15) is 61.6 Å². The van der Waals surface area contributed by atoms with Crippen LogP contribution < -0.4 is 16.1 Å². The first-order chi connectivity index (χ1) is 11.8. The molecule has 1 saturated carbocycles. The molecule has 2 aromatic rings. The lowest BCUT2D eigenvalue weighted by molar-refractivity contribution is 0.0109. The van der Waals surface area contributed by atoms with Crippen molar-refractivity contribution in [3.63, 3.8) is 0 Å². The second kappa shape index (κ2) is 5.27. The summed E-state index contributed by atoms with van der Waals surface area (Å²) in [5.74, 6) is 6.58. The molecule has 126 valence electrons. The van der Waals surface area contributed by atoms with Crippen LogP contribution in [-0.2, 0) is 19.3 Å². The molecule has 5 rings (SSSR count). The zero-order chi connectivity index (χ0) is 16.1. The molecule has 0 atom stereocenters. The van der Waals surface area contributed by atoms with Crippen LogP contribution in [0.4, 0.5) is 0 Å². The molecular formula is C20H24N2O2. The van der Waals surface area contributed by atoms with Crippen molar-refractivity contribution < 1.29 is 9.15 Å². The Morgan fingerprint density at radius 3 is 2.58 bits per heavy atom. The average Bonchev–Trinajstić information content (AvgIpc) is 3.10. The Balaban J connectivity index is 1.65. The molecule has 0 saturated heterocycles. The normalized spacial score (nSPS) is 22.4. The Bertz CT molecular complexity index is 875. The van der Waals surface area contributed by atoms with Crippen molar-refractivity contribution in [2.24, 2.45) is 10.9 Å². The van der Waals surface area contributed by atoms with Crippen LogP contribution in [-0.4, -0.2) is 5.60 Å². The van der Waals surface area contributed by atoms with Crippen molar-refractivity contribution in [2.75, 3.05) is 0 Å². The Hall–Kier alpha value is -1.97. The molecule has 2 heterocycles. The number of nitrogens with two attached hydrogens (primary N) is 1. The average molecular weight is 324 g/mol. The molecule has 1 aromatic heterocycles. The smallest absolute Gasteiger partial charge is 0.239 e. The molecule has 2 N–H and O–H groups in total. The van der Waals surface area contributed by atoms with E-state index in [1.807, 2.05) is 0 Å². The number of benzene rings is 1. The van der Waals surface area contributed by atoms with Crippen molar-refractivity contribution in [2.45, 2.75) is 69.8 Å². The monoisotopic (exact) mass is 324 g/mol. The van der Waals surface area contributed by atoms with Gasteiger partial charge in [0, 0.05) is 17.0 Å². The van der Waals surface area contributed by atoms with Crippen LogP contribution in [0, 0.1) is 0 Å². The lowest BCUT2D eigenvalue weighted by Crippen LogP contribution is -2.41. The number of rotatable bonds is 0. The predicted octanol–water partition coefficient (Wildman–Crippen LogP) is 3.72. The summed E-state index contributed by atoms with van der Waals surface area (Å²) in [7, 11) is 0. The summed E-state index contributed by atoms with van der Waals surface area (Å²) in [5, 5.41) is 5.11.